The number of rotatable bonds is 3. The molecular weight excluding hydrogens is 386 g/mol. The van der Waals surface area contributed by atoms with Crippen LogP contribution in [-0.2, 0) is 4.79 Å². The van der Waals surface area contributed by atoms with Gasteiger partial charge in [-0.05, 0) is 52.4 Å². The number of carbonyl (C=O) groups is 1. The molecule has 0 aliphatic carbocycles. The van der Waals surface area contributed by atoms with Crippen LogP contribution in [0.1, 0.15) is 20.3 Å². The first-order valence-electron chi connectivity index (χ1n) is 6.81. The Bertz CT molecular complexity index is 483. The lowest BCUT2D eigenvalue weighted by Crippen LogP contribution is -2.44. The molecule has 1 aromatic rings. The predicted molar refractivity (Wildman–Crippen MR) is 86.9 cm³/mol. The van der Waals surface area contributed by atoms with E-state index in [0.717, 1.165) is 22.0 Å². The van der Waals surface area contributed by atoms with E-state index in [1.54, 1.807) is 0 Å². The quantitative estimate of drug-likeness (QED) is 0.759. The first kappa shape index (κ1) is 15.8. The second kappa shape index (κ2) is 6.94. The number of carbonyl (C=O) groups excluding carboxylic acids is 1. The number of nitrogens with zero attached hydrogens (tertiary/aromatic N) is 1. The van der Waals surface area contributed by atoms with Crippen molar-refractivity contribution in [2.75, 3.05) is 19.7 Å². The molecule has 1 aliphatic heterocycles. The molecule has 0 spiro atoms. The number of amides is 1. The van der Waals surface area contributed by atoms with Crippen LogP contribution in [0.3, 0.4) is 0 Å². The number of halogens is 2. The Balaban J connectivity index is 1.91. The first-order chi connectivity index (χ1) is 9.45. The predicted octanol–water partition coefficient (Wildman–Crippen LogP) is 4.09. The van der Waals surface area contributed by atoms with E-state index in [1.165, 1.54) is 6.42 Å². The summed E-state index contributed by atoms with van der Waals surface area (Å²) < 4.78 is 7.44. The van der Waals surface area contributed by atoms with Gasteiger partial charge in [-0.1, -0.05) is 29.8 Å². The molecule has 1 aromatic carbocycles. The maximum Gasteiger partial charge on any atom is 0.260 e. The van der Waals surface area contributed by atoms with Crippen molar-refractivity contribution in [1.82, 2.24) is 4.90 Å². The number of ether oxygens (including phenoxy) is 1. The van der Waals surface area contributed by atoms with E-state index >= 15 is 0 Å². The van der Waals surface area contributed by atoms with Crippen LogP contribution < -0.4 is 4.74 Å². The minimum absolute atomic E-state index is 0.0678. The lowest BCUT2D eigenvalue weighted by Gasteiger charge is -2.34. The molecule has 1 aliphatic rings. The van der Waals surface area contributed by atoms with Crippen LogP contribution in [0, 0.1) is 11.8 Å². The Morgan fingerprint density at radius 2 is 1.95 bits per heavy atom. The summed E-state index contributed by atoms with van der Waals surface area (Å²) in [6.45, 7) is 6.17. The summed E-state index contributed by atoms with van der Waals surface area (Å²) in [5.74, 6) is 1.90. The molecule has 1 saturated heterocycles. The Hall–Kier alpha value is -0.550. The molecule has 1 heterocycles. The molecular formula is C15H19Br2NO2. The summed E-state index contributed by atoms with van der Waals surface area (Å²) in [5, 5.41) is 0. The zero-order chi connectivity index (χ0) is 14.7. The summed E-state index contributed by atoms with van der Waals surface area (Å²) in [6.07, 6.45) is 1.20. The molecule has 2 unspecified atom stereocenters. The Morgan fingerprint density at radius 1 is 1.30 bits per heavy atom. The Labute approximate surface area is 136 Å². The van der Waals surface area contributed by atoms with Gasteiger partial charge in [0.15, 0.2) is 6.61 Å². The zero-order valence-electron chi connectivity index (χ0n) is 11.7. The maximum atomic E-state index is 12.2. The Morgan fingerprint density at radius 3 is 2.55 bits per heavy atom. The summed E-state index contributed by atoms with van der Waals surface area (Å²) in [5.41, 5.74) is 0. The number of hydrogen-bond acceptors (Lipinski definition) is 2. The van der Waals surface area contributed by atoms with Crippen molar-refractivity contribution >= 4 is 37.8 Å². The van der Waals surface area contributed by atoms with Gasteiger partial charge < -0.3 is 9.64 Å². The smallest absolute Gasteiger partial charge is 0.260 e. The summed E-state index contributed by atoms with van der Waals surface area (Å²) in [4.78, 5) is 14.1. The molecule has 2 rings (SSSR count). The van der Waals surface area contributed by atoms with Gasteiger partial charge in [-0.15, -0.1) is 0 Å². The minimum Gasteiger partial charge on any atom is -0.483 e. The fraction of sp³-hybridized carbons (Fsp3) is 0.533. The SMILES string of the molecule is CC1CC(C)CN(C(=O)COc2ccc(Br)cc2Br)C1. The molecule has 3 nitrogen and oxygen atoms in total. The average molecular weight is 405 g/mol. The van der Waals surface area contributed by atoms with Crippen LogP contribution in [0.15, 0.2) is 27.1 Å². The van der Waals surface area contributed by atoms with Crippen LogP contribution in [-0.4, -0.2) is 30.5 Å². The third-order valence-corrected chi connectivity index (χ3v) is 4.58. The lowest BCUT2D eigenvalue weighted by molar-refractivity contribution is -0.136. The minimum atomic E-state index is 0.0678. The molecule has 2 atom stereocenters. The summed E-state index contributed by atoms with van der Waals surface area (Å²) in [7, 11) is 0. The van der Waals surface area contributed by atoms with E-state index in [2.05, 4.69) is 45.7 Å². The van der Waals surface area contributed by atoms with Crippen molar-refractivity contribution in [2.45, 2.75) is 20.3 Å². The van der Waals surface area contributed by atoms with Gasteiger partial charge >= 0.3 is 0 Å². The van der Waals surface area contributed by atoms with Gasteiger partial charge in [-0.2, -0.15) is 0 Å². The lowest BCUT2D eigenvalue weighted by atomic mass is 9.92. The van der Waals surface area contributed by atoms with Crippen LogP contribution in [0.2, 0.25) is 0 Å². The highest BCUT2D eigenvalue weighted by molar-refractivity contribution is 9.11. The van der Waals surface area contributed by atoms with Crippen molar-refractivity contribution in [3.8, 4) is 5.75 Å². The fourth-order valence-corrected chi connectivity index (χ4v) is 3.85. The van der Waals surface area contributed by atoms with Gasteiger partial charge in [0.05, 0.1) is 4.47 Å². The van der Waals surface area contributed by atoms with Crippen LogP contribution in [0.5, 0.6) is 5.75 Å². The largest absolute Gasteiger partial charge is 0.483 e. The van der Waals surface area contributed by atoms with Crippen molar-refractivity contribution in [2.24, 2.45) is 11.8 Å². The third kappa shape index (κ3) is 4.22. The van der Waals surface area contributed by atoms with E-state index in [-0.39, 0.29) is 12.5 Å². The second-order valence-corrected chi connectivity index (χ2v) is 7.38. The number of hydrogen-bond donors (Lipinski definition) is 0. The van der Waals surface area contributed by atoms with E-state index in [1.807, 2.05) is 23.1 Å². The highest BCUT2D eigenvalue weighted by Gasteiger charge is 2.25. The highest BCUT2D eigenvalue weighted by Crippen LogP contribution is 2.28. The maximum absolute atomic E-state index is 12.2. The van der Waals surface area contributed by atoms with E-state index < -0.39 is 0 Å². The van der Waals surface area contributed by atoms with E-state index in [0.29, 0.717) is 17.6 Å². The highest BCUT2D eigenvalue weighted by atomic mass is 79.9. The molecule has 0 radical (unpaired) electrons. The standard InChI is InChI=1S/C15H19Br2NO2/c1-10-5-11(2)8-18(7-10)15(19)9-20-14-4-3-12(16)6-13(14)17/h3-4,6,10-11H,5,7-9H2,1-2H3. The molecule has 0 N–H and O–H groups in total. The first-order valence-corrected chi connectivity index (χ1v) is 8.40. The third-order valence-electron chi connectivity index (χ3n) is 3.47. The number of piperidine rings is 1. The molecule has 0 aromatic heterocycles. The van der Waals surface area contributed by atoms with Crippen LogP contribution in [0.25, 0.3) is 0 Å². The van der Waals surface area contributed by atoms with Crippen LogP contribution >= 0.6 is 31.9 Å². The van der Waals surface area contributed by atoms with E-state index in [9.17, 15) is 4.79 Å². The molecule has 0 bridgehead atoms. The van der Waals surface area contributed by atoms with Crippen LogP contribution in [0.4, 0.5) is 0 Å². The van der Waals surface area contributed by atoms with Crippen molar-refractivity contribution < 1.29 is 9.53 Å². The molecule has 5 heteroatoms. The van der Waals surface area contributed by atoms with E-state index in [4.69, 9.17) is 4.74 Å². The van der Waals surface area contributed by atoms with Gasteiger partial charge in [-0.25, -0.2) is 0 Å². The van der Waals surface area contributed by atoms with Crippen molar-refractivity contribution in [3.05, 3.63) is 27.1 Å². The number of benzene rings is 1. The van der Waals surface area contributed by atoms with Gasteiger partial charge in [0.2, 0.25) is 0 Å². The molecule has 1 fully saturated rings. The van der Waals surface area contributed by atoms with Gasteiger partial charge in [-0.3, -0.25) is 4.79 Å². The number of likely N-dealkylation sites (tertiary alicyclic amines) is 1. The van der Waals surface area contributed by atoms with Crippen molar-refractivity contribution in [3.63, 3.8) is 0 Å². The van der Waals surface area contributed by atoms with Crippen molar-refractivity contribution in [1.29, 1.82) is 0 Å². The summed E-state index contributed by atoms with van der Waals surface area (Å²) in [6, 6.07) is 5.66. The van der Waals surface area contributed by atoms with Gasteiger partial charge in [0.1, 0.15) is 5.75 Å². The topological polar surface area (TPSA) is 29.5 Å². The second-order valence-electron chi connectivity index (χ2n) is 5.61. The average Bonchev–Trinajstić information content (AvgIpc) is 2.36. The monoisotopic (exact) mass is 403 g/mol. The van der Waals surface area contributed by atoms with Gasteiger partial charge in [0.25, 0.3) is 5.91 Å². The van der Waals surface area contributed by atoms with Gasteiger partial charge in [0, 0.05) is 17.6 Å². The normalized spacial score (nSPS) is 22.7. The molecule has 110 valence electrons. The fourth-order valence-electron chi connectivity index (χ4n) is 2.69. The molecule has 20 heavy (non-hydrogen) atoms. The Kier molecular flexibility index (Phi) is 5.49. The zero-order valence-corrected chi connectivity index (χ0v) is 14.9. The summed E-state index contributed by atoms with van der Waals surface area (Å²) >= 11 is 6.82. The molecule has 1 amide bonds. The molecule has 0 saturated carbocycles.